The number of pyridine rings is 1. The fourth-order valence-corrected chi connectivity index (χ4v) is 2.12. The number of carbonyl (C=O) groups excluding carboxylic acids is 1. The minimum absolute atomic E-state index is 0.0938. The summed E-state index contributed by atoms with van der Waals surface area (Å²) in [5.74, 6) is -0.0938. The quantitative estimate of drug-likeness (QED) is 0.758. The van der Waals surface area contributed by atoms with Crippen LogP contribution in [0.3, 0.4) is 0 Å². The Labute approximate surface area is 116 Å². The molecule has 0 saturated carbocycles. The van der Waals surface area contributed by atoms with Crippen LogP contribution in [-0.4, -0.2) is 27.6 Å². The minimum atomic E-state index is -0.0938. The lowest BCUT2D eigenvalue weighted by atomic mass is 10.1. The van der Waals surface area contributed by atoms with Gasteiger partial charge in [0, 0.05) is 24.3 Å². The van der Waals surface area contributed by atoms with Crippen LogP contribution in [0.1, 0.15) is 15.9 Å². The van der Waals surface area contributed by atoms with Gasteiger partial charge >= 0.3 is 0 Å². The van der Waals surface area contributed by atoms with Crippen molar-refractivity contribution < 1.29 is 4.79 Å². The number of H-pyrrole nitrogens is 1. The fourth-order valence-electron chi connectivity index (χ4n) is 2.12. The second kappa shape index (κ2) is 5.52. The molecule has 2 aromatic heterocycles. The summed E-state index contributed by atoms with van der Waals surface area (Å²) in [5.41, 5.74) is 2.49. The number of hydrogen-bond donors (Lipinski definition) is 2. The Morgan fingerprint density at radius 2 is 2.15 bits per heavy atom. The van der Waals surface area contributed by atoms with Gasteiger partial charge in [0.1, 0.15) is 0 Å². The summed E-state index contributed by atoms with van der Waals surface area (Å²) >= 11 is 0. The molecule has 3 aromatic rings. The van der Waals surface area contributed by atoms with E-state index in [0.717, 1.165) is 22.9 Å². The van der Waals surface area contributed by atoms with Crippen LogP contribution in [0.5, 0.6) is 0 Å². The van der Waals surface area contributed by atoms with E-state index in [9.17, 15) is 4.79 Å². The molecule has 0 spiro atoms. The van der Waals surface area contributed by atoms with Crippen LogP contribution < -0.4 is 5.32 Å². The van der Waals surface area contributed by atoms with Gasteiger partial charge in [-0.2, -0.15) is 5.10 Å². The molecule has 0 bridgehead atoms. The van der Waals surface area contributed by atoms with Crippen molar-refractivity contribution in [2.75, 3.05) is 6.54 Å². The molecule has 5 heteroatoms. The number of hydrogen-bond acceptors (Lipinski definition) is 3. The topological polar surface area (TPSA) is 70.7 Å². The number of nitrogens with one attached hydrogen (secondary N) is 2. The van der Waals surface area contributed by atoms with Crippen molar-refractivity contribution in [3.05, 3.63) is 60.0 Å². The van der Waals surface area contributed by atoms with Crippen LogP contribution in [0.2, 0.25) is 0 Å². The molecular weight excluding hydrogens is 252 g/mol. The number of nitrogens with zero attached hydrogens (tertiary/aromatic N) is 2. The molecule has 5 nitrogen and oxygen atoms in total. The maximum atomic E-state index is 12.2. The highest BCUT2D eigenvalue weighted by Crippen LogP contribution is 2.15. The third-order valence-electron chi connectivity index (χ3n) is 3.14. The average Bonchev–Trinajstić information content (AvgIpc) is 2.96. The Morgan fingerprint density at radius 3 is 3.00 bits per heavy atom. The van der Waals surface area contributed by atoms with Crippen LogP contribution in [0.4, 0.5) is 0 Å². The summed E-state index contributed by atoms with van der Waals surface area (Å²) in [4.78, 5) is 16.2. The number of amides is 1. The molecule has 3 rings (SSSR count). The number of para-hydroxylation sites is 1. The summed E-state index contributed by atoms with van der Waals surface area (Å²) in [6.45, 7) is 0.578. The van der Waals surface area contributed by atoms with Crippen molar-refractivity contribution in [2.45, 2.75) is 6.42 Å². The van der Waals surface area contributed by atoms with Crippen molar-refractivity contribution in [2.24, 2.45) is 0 Å². The van der Waals surface area contributed by atoms with E-state index in [1.165, 1.54) is 0 Å². The number of carbonyl (C=O) groups is 1. The SMILES string of the molecule is O=C(NCCc1cccnc1)c1cccc2cn[nH]c12. The summed E-state index contributed by atoms with van der Waals surface area (Å²) in [6.07, 6.45) is 6.02. The van der Waals surface area contributed by atoms with Crippen LogP contribution in [0.25, 0.3) is 10.9 Å². The molecule has 1 aromatic carbocycles. The number of rotatable bonds is 4. The molecule has 2 N–H and O–H groups in total. The Bertz CT molecular complexity index is 721. The molecule has 0 fully saturated rings. The van der Waals surface area contributed by atoms with E-state index in [0.29, 0.717) is 12.1 Å². The third-order valence-corrected chi connectivity index (χ3v) is 3.14. The van der Waals surface area contributed by atoms with Crippen LogP contribution in [0.15, 0.2) is 48.9 Å². The molecule has 0 aliphatic heterocycles. The van der Waals surface area contributed by atoms with Crippen molar-refractivity contribution in [3.63, 3.8) is 0 Å². The average molecular weight is 266 g/mol. The van der Waals surface area contributed by atoms with Gasteiger partial charge in [-0.25, -0.2) is 0 Å². The van der Waals surface area contributed by atoms with E-state index in [-0.39, 0.29) is 5.91 Å². The van der Waals surface area contributed by atoms with Crippen molar-refractivity contribution >= 4 is 16.8 Å². The van der Waals surface area contributed by atoms with Gasteiger partial charge in [0.2, 0.25) is 0 Å². The smallest absolute Gasteiger partial charge is 0.253 e. The Morgan fingerprint density at radius 1 is 1.20 bits per heavy atom. The molecular formula is C15H14N4O. The second-order valence-corrected chi connectivity index (χ2v) is 4.51. The summed E-state index contributed by atoms with van der Waals surface area (Å²) in [7, 11) is 0. The van der Waals surface area contributed by atoms with Crippen molar-refractivity contribution in [1.29, 1.82) is 0 Å². The number of fused-ring (bicyclic) bond motifs is 1. The third kappa shape index (κ3) is 2.51. The molecule has 0 aliphatic rings. The number of aromatic nitrogens is 3. The lowest BCUT2D eigenvalue weighted by Gasteiger charge is -2.06. The lowest BCUT2D eigenvalue weighted by Crippen LogP contribution is -2.25. The molecule has 20 heavy (non-hydrogen) atoms. The lowest BCUT2D eigenvalue weighted by molar-refractivity contribution is 0.0955. The molecule has 0 radical (unpaired) electrons. The predicted octanol–water partition coefficient (Wildman–Crippen LogP) is 1.93. The molecule has 0 saturated heterocycles. The molecule has 0 atom stereocenters. The monoisotopic (exact) mass is 266 g/mol. The first-order valence-electron chi connectivity index (χ1n) is 6.44. The first kappa shape index (κ1) is 12.3. The van der Waals surface area contributed by atoms with Crippen LogP contribution in [0, 0.1) is 0 Å². The summed E-state index contributed by atoms with van der Waals surface area (Å²) in [6, 6.07) is 9.45. The zero-order valence-electron chi connectivity index (χ0n) is 10.8. The number of benzene rings is 1. The Kier molecular flexibility index (Phi) is 3.41. The van der Waals surface area contributed by atoms with Gasteiger partial charge in [-0.05, 0) is 24.1 Å². The van der Waals surface area contributed by atoms with E-state index >= 15 is 0 Å². The zero-order valence-corrected chi connectivity index (χ0v) is 10.8. The van der Waals surface area contributed by atoms with Gasteiger partial charge in [0.25, 0.3) is 5.91 Å². The maximum absolute atomic E-state index is 12.2. The molecule has 0 unspecified atom stereocenters. The highest BCUT2D eigenvalue weighted by atomic mass is 16.1. The predicted molar refractivity (Wildman–Crippen MR) is 76.4 cm³/mol. The largest absolute Gasteiger partial charge is 0.352 e. The van der Waals surface area contributed by atoms with Gasteiger partial charge < -0.3 is 5.32 Å². The van der Waals surface area contributed by atoms with E-state index in [4.69, 9.17) is 0 Å². The minimum Gasteiger partial charge on any atom is -0.352 e. The highest BCUT2D eigenvalue weighted by molar-refractivity contribution is 6.05. The van der Waals surface area contributed by atoms with E-state index < -0.39 is 0 Å². The molecule has 1 amide bonds. The number of aromatic amines is 1. The standard InChI is InChI=1S/C15H14N4O/c20-15(17-8-6-11-3-2-7-16-9-11)13-5-1-4-12-10-18-19-14(12)13/h1-5,7,9-10H,6,8H2,(H,17,20)(H,18,19). The van der Waals surface area contributed by atoms with Gasteiger partial charge in [0.15, 0.2) is 0 Å². The van der Waals surface area contributed by atoms with Crippen molar-refractivity contribution in [1.82, 2.24) is 20.5 Å². The maximum Gasteiger partial charge on any atom is 0.253 e. The first-order valence-corrected chi connectivity index (χ1v) is 6.44. The summed E-state index contributed by atoms with van der Waals surface area (Å²) in [5, 5.41) is 10.7. The van der Waals surface area contributed by atoms with E-state index in [1.54, 1.807) is 18.5 Å². The second-order valence-electron chi connectivity index (χ2n) is 4.51. The zero-order chi connectivity index (χ0) is 13.8. The van der Waals surface area contributed by atoms with Gasteiger partial charge in [0.05, 0.1) is 17.3 Å². The Balaban J connectivity index is 1.66. The van der Waals surface area contributed by atoms with Gasteiger partial charge in [-0.3, -0.25) is 14.9 Å². The first-order chi connectivity index (χ1) is 9.84. The van der Waals surface area contributed by atoms with E-state index in [2.05, 4.69) is 20.5 Å². The van der Waals surface area contributed by atoms with Gasteiger partial charge in [-0.15, -0.1) is 0 Å². The molecule has 100 valence electrons. The highest BCUT2D eigenvalue weighted by Gasteiger charge is 2.10. The van der Waals surface area contributed by atoms with Crippen LogP contribution in [-0.2, 0) is 6.42 Å². The van der Waals surface area contributed by atoms with Gasteiger partial charge in [-0.1, -0.05) is 18.2 Å². The fraction of sp³-hybridized carbons (Fsp3) is 0.133. The normalized spacial score (nSPS) is 10.6. The molecule has 0 aliphatic carbocycles. The summed E-state index contributed by atoms with van der Waals surface area (Å²) < 4.78 is 0. The Hall–Kier alpha value is -2.69. The molecule has 2 heterocycles. The van der Waals surface area contributed by atoms with Crippen LogP contribution >= 0.6 is 0 Å². The van der Waals surface area contributed by atoms with Crippen molar-refractivity contribution in [3.8, 4) is 0 Å². The van der Waals surface area contributed by atoms with E-state index in [1.807, 2.05) is 30.5 Å².